The van der Waals surface area contributed by atoms with E-state index in [1.165, 1.54) is 30.7 Å². The number of fused-ring (bicyclic) bond motifs is 1. The summed E-state index contributed by atoms with van der Waals surface area (Å²) in [6, 6.07) is 6.60. The maximum Gasteiger partial charge on any atom is 0.241 e. The van der Waals surface area contributed by atoms with Crippen molar-refractivity contribution >= 4 is 10.0 Å². The van der Waals surface area contributed by atoms with Gasteiger partial charge >= 0.3 is 0 Å². The molecule has 2 aromatic rings. The quantitative estimate of drug-likeness (QED) is 0.885. The number of ether oxygens (including phenoxy) is 2. The molecule has 2 aliphatic rings. The second-order valence-corrected chi connectivity index (χ2v) is 7.86. The zero-order valence-electron chi connectivity index (χ0n) is 13.4. The van der Waals surface area contributed by atoms with Crippen LogP contribution < -0.4 is 14.2 Å². The van der Waals surface area contributed by atoms with Crippen LogP contribution in [0.25, 0.3) is 0 Å². The molecule has 1 aliphatic carbocycles. The van der Waals surface area contributed by atoms with Crippen LogP contribution in [0.4, 0.5) is 0 Å². The molecule has 0 amide bonds. The summed E-state index contributed by atoms with van der Waals surface area (Å²) in [5.74, 6) is 1.60. The lowest BCUT2D eigenvalue weighted by molar-refractivity contribution is 0.171. The third-order valence-electron chi connectivity index (χ3n) is 4.23. The molecule has 0 bridgehead atoms. The Hall–Kier alpha value is -2.06. The van der Waals surface area contributed by atoms with E-state index in [9.17, 15) is 8.42 Å². The predicted molar refractivity (Wildman–Crippen MR) is 86.6 cm³/mol. The Kier molecular flexibility index (Phi) is 3.73. The van der Waals surface area contributed by atoms with Crippen molar-refractivity contribution in [3.05, 3.63) is 35.7 Å². The third kappa shape index (κ3) is 2.99. The van der Waals surface area contributed by atoms with Crippen LogP contribution in [-0.2, 0) is 23.6 Å². The van der Waals surface area contributed by atoms with E-state index < -0.39 is 10.0 Å². The lowest BCUT2D eigenvalue weighted by atomic mass is 10.2. The first kappa shape index (κ1) is 15.5. The molecule has 1 aromatic carbocycles. The summed E-state index contributed by atoms with van der Waals surface area (Å²) in [6.07, 6.45) is 2.36. The minimum atomic E-state index is -3.63. The SMILES string of the molecule is Cn1nc(CNS(=O)(=O)c2ccc3c(c2)OCCO3)cc1C1CC1. The molecule has 1 aromatic heterocycles. The van der Waals surface area contributed by atoms with Crippen molar-refractivity contribution in [2.75, 3.05) is 13.2 Å². The maximum absolute atomic E-state index is 12.5. The number of aromatic nitrogens is 2. The summed E-state index contributed by atoms with van der Waals surface area (Å²) in [6.45, 7) is 1.06. The van der Waals surface area contributed by atoms with E-state index in [-0.39, 0.29) is 11.4 Å². The molecule has 0 spiro atoms. The molecule has 1 fully saturated rings. The smallest absolute Gasteiger partial charge is 0.241 e. The molecular formula is C16H19N3O4S. The zero-order valence-corrected chi connectivity index (χ0v) is 14.2. The highest BCUT2D eigenvalue weighted by Gasteiger charge is 2.27. The number of hydrogen-bond donors (Lipinski definition) is 1. The van der Waals surface area contributed by atoms with Gasteiger partial charge < -0.3 is 9.47 Å². The van der Waals surface area contributed by atoms with E-state index in [2.05, 4.69) is 9.82 Å². The van der Waals surface area contributed by atoms with Crippen LogP contribution in [0.15, 0.2) is 29.2 Å². The highest BCUT2D eigenvalue weighted by atomic mass is 32.2. The Morgan fingerprint density at radius 1 is 1.21 bits per heavy atom. The molecule has 128 valence electrons. The molecular weight excluding hydrogens is 330 g/mol. The standard InChI is InChI=1S/C16H19N3O4S/c1-19-14(11-2-3-11)8-12(18-19)10-17-24(20,21)13-4-5-15-16(9-13)23-7-6-22-15/h4-5,8-9,11,17H,2-3,6-7,10H2,1H3. The molecule has 4 rings (SSSR count). The highest BCUT2D eigenvalue weighted by Crippen LogP contribution is 2.40. The number of nitrogens with zero attached hydrogens (tertiary/aromatic N) is 2. The van der Waals surface area contributed by atoms with E-state index in [0.29, 0.717) is 30.6 Å². The number of hydrogen-bond acceptors (Lipinski definition) is 5. The van der Waals surface area contributed by atoms with Crippen molar-refractivity contribution in [2.45, 2.75) is 30.2 Å². The van der Waals surface area contributed by atoms with Gasteiger partial charge in [-0.05, 0) is 31.0 Å². The first-order chi connectivity index (χ1) is 11.5. The fourth-order valence-electron chi connectivity index (χ4n) is 2.83. The fraction of sp³-hybridized carbons (Fsp3) is 0.438. The van der Waals surface area contributed by atoms with Gasteiger partial charge in [-0.2, -0.15) is 5.10 Å². The Balaban J connectivity index is 1.50. The Labute approximate surface area is 140 Å². The Morgan fingerprint density at radius 3 is 2.71 bits per heavy atom. The molecule has 1 N–H and O–H groups in total. The van der Waals surface area contributed by atoms with Crippen molar-refractivity contribution in [3.63, 3.8) is 0 Å². The van der Waals surface area contributed by atoms with Gasteiger partial charge in [0.1, 0.15) is 13.2 Å². The van der Waals surface area contributed by atoms with Crippen LogP contribution in [0.5, 0.6) is 11.5 Å². The van der Waals surface area contributed by atoms with E-state index in [4.69, 9.17) is 9.47 Å². The first-order valence-corrected chi connectivity index (χ1v) is 9.43. The molecule has 0 unspecified atom stereocenters. The topological polar surface area (TPSA) is 82.5 Å². The Morgan fingerprint density at radius 2 is 1.96 bits per heavy atom. The molecule has 7 nitrogen and oxygen atoms in total. The van der Waals surface area contributed by atoms with Crippen LogP contribution in [0.2, 0.25) is 0 Å². The third-order valence-corrected chi connectivity index (χ3v) is 5.63. The molecule has 8 heteroatoms. The molecule has 1 saturated carbocycles. The van der Waals surface area contributed by atoms with Gasteiger partial charge in [-0.15, -0.1) is 0 Å². The number of rotatable bonds is 5. The number of nitrogens with one attached hydrogen (secondary N) is 1. The van der Waals surface area contributed by atoms with Crippen molar-refractivity contribution in [2.24, 2.45) is 7.05 Å². The van der Waals surface area contributed by atoms with Crippen molar-refractivity contribution in [1.82, 2.24) is 14.5 Å². The maximum atomic E-state index is 12.5. The predicted octanol–water partition coefficient (Wildman–Crippen LogP) is 1.55. The summed E-state index contributed by atoms with van der Waals surface area (Å²) in [5.41, 5.74) is 1.89. The number of aryl methyl sites for hydroxylation is 1. The van der Waals surface area contributed by atoms with Crippen LogP contribution in [-0.4, -0.2) is 31.4 Å². The van der Waals surface area contributed by atoms with Gasteiger partial charge in [0.05, 0.1) is 17.1 Å². The van der Waals surface area contributed by atoms with Gasteiger partial charge in [0.2, 0.25) is 10.0 Å². The van der Waals surface area contributed by atoms with Gasteiger partial charge in [-0.1, -0.05) is 0 Å². The average molecular weight is 349 g/mol. The molecule has 0 radical (unpaired) electrons. The first-order valence-electron chi connectivity index (χ1n) is 7.95. The zero-order chi connectivity index (χ0) is 16.7. The average Bonchev–Trinajstić information content (AvgIpc) is 3.35. The molecule has 1 aliphatic heterocycles. The van der Waals surface area contributed by atoms with Crippen LogP contribution in [0, 0.1) is 0 Å². The van der Waals surface area contributed by atoms with Crippen molar-refractivity contribution < 1.29 is 17.9 Å². The summed E-state index contributed by atoms with van der Waals surface area (Å²) < 4.78 is 40.3. The molecule has 24 heavy (non-hydrogen) atoms. The van der Waals surface area contributed by atoms with E-state index in [1.807, 2.05) is 17.8 Å². The molecule has 0 saturated heterocycles. The Bertz CT molecular complexity index is 871. The lowest BCUT2D eigenvalue weighted by Crippen LogP contribution is -2.24. The second-order valence-electron chi connectivity index (χ2n) is 6.09. The van der Waals surface area contributed by atoms with Crippen LogP contribution in [0.3, 0.4) is 0 Å². The van der Waals surface area contributed by atoms with E-state index in [1.54, 1.807) is 6.07 Å². The van der Waals surface area contributed by atoms with Gasteiger partial charge in [-0.3, -0.25) is 4.68 Å². The fourth-order valence-corrected chi connectivity index (χ4v) is 3.85. The second kappa shape index (κ2) is 5.78. The van der Waals surface area contributed by atoms with Crippen molar-refractivity contribution in [1.29, 1.82) is 0 Å². The normalized spacial score (nSPS) is 17.0. The number of sulfonamides is 1. The summed E-state index contributed by atoms with van der Waals surface area (Å²) >= 11 is 0. The monoisotopic (exact) mass is 349 g/mol. The largest absolute Gasteiger partial charge is 0.486 e. The summed E-state index contributed by atoms with van der Waals surface area (Å²) in [7, 11) is -1.74. The van der Waals surface area contributed by atoms with Gasteiger partial charge in [0.25, 0.3) is 0 Å². The van der Waals surface area contributed by atoms with Crippen LogP contribution in [0.1, 0.15) is 30.1 Å². The van der Waals surface area contributed by atoms with Crippen LogP contribution >= 0.6 is 0 Å². The lowest BCUT2D eigenvalue weighted by Gasteiger charge is -2.18. The minimum absolute atomic E-state index is 0.157. The number of benzene rings is 1. The van der Waals surface area contributed by atoms with Gasteiger partial charge in [0, 0.05) is 24.7 Å². The van der Waals surface area contributed by atoms with E-state index >= 15 is 0 Å². The molecule has 0 atom stereocenters. The van der Waals surface area contributed by atoms with Gasteiger partial charge in [0.15, 0.2) is 11.5 Å². The van der Waals surface area contributed by atoms with Crippen molar-refractivity contribution in [3.8, 4) is 11.5 Å². The van der Waals surface area contributed by atoms with Gasteiger partial charge in [-0.25, -0.2) is 13.1 Å². The van der Waals surface area contributed by atoms with E-state index in [0.717, 1.165) is 5.69 Å². The molecule has 2 heterocycles. The highest BCUT2D eigenvalue weighted by molar-refractivity contribution is 7.89. The minimum Gasteiger partial charge on any atom is -0.486 e. The summed E-state index contributed by atoms with van der Waals surface area (Å²) in [4.78, 5) is 0.157. The summed E-state index contributed by atoms with van der Waals surface area (Å²) in [5, 5.41) is 4.38.